The molecule has 1 saturated carbocycles. The molecule has 2 atom stereocenters. The van der Waals surface area contributed by atoms with Crippen molar-refractivity contribution in [1.82, 2.24) is 15.4 Å². The van der Waals surface area contributed by atoms with Crippen LogP contribution in [0.2, 0.25) is 0 Å². The van der Waals surface area contributed by atoms with Gasteiger partial charge in [0.05, 0.1) is 12.1 Å². The Kier molecular flexibility index (Phi) is 5.67. The number of carbonyl (C=O) groups is 2. The van der Waals surface area contributed by atoms with Crippen LogP contribution in [-0.4, -0.2) is 41.0 Å². The number of nitrogens with one attached hydrogen (secondary N) is 1. The van der Waals surface area contributed by atoms with Crippen molar-refractivity contribution < 1.29 is 14.1 Å². The minimum absolute atomic E-state index is 0.0149. The molecule has 1 aromatic carbocycles. The maximum Gasteiger partial charge on any atom is 0.273 e. The third-order valence-corrected chi connectivity index (χ3v) is 5.90. The number of carbonyl (C=O) groups excluding carboxylic acids is 2. The molecule has 7 heteroatoms. The fraction of sp³-hybridized carbons (Fsp3) is 0.500. The zero-order valence-corrected chi connectivity index (χ0v) is 16.7. The van der Waals surface area contributed by atoms with Crippen LogP contribution < -0.4 is 11.1 Å². The van der Waals surface area contributed by atoms with Crippen LogP contribution in [0.15, 0.2) is 40.9 Å². The molecule has 0 bridgehead atoms. The molecule has 0 radical (unpaired) electrons. The van der Waals surface area contributed by atoms with Gasteiger partial charge in [0.1, 0.15) is 5.76 Å². The lowest BCUT2D eigenvalue weighted by molar-refractivity contribution is -0.133. The number of benzene rings is 1. The molecule has 2 heterocycles. The summed E-state index contributed by atoms with van der Waals surface area (Å²) >= 11 is 0. The Morgan fingerprint density at radius 1 is 1.17 bits per heavy atom. The molecule has 1 unspecified atom stereocenters. The maximum absolute atomic E-state index is 12.9. The first kappa shape index (κ1) is 19.6. The number of hydrogen-bond acceptors (Lipinski definition) is 5. The zero-order chi connectivity index (χ0) is 20.4. The molecule has 7 nitrogen and oxygen atoms in total. The van der Waals surface area contributed by atoms with Gasteiger partial charge in [-0.2, -0.15) is 0 Å². The molecule has 2 aromatic rings. The van der Waals surface area contributed by atoms with Crippen molar-refractivity contribution in [2.24, 2.45) is 11.7 Å². The van der Waals surface area contributed by atoms with Crippen LogP contribution in [0.3, 0.4) is 0 Å². The lowest BCUT2D eigenvalue weighted by atomic mass is 9.85. The molecule has 1 aliphatic heterocycles. The van der Waals surface area contributed by atoms with Crippen molar-refractivity contribution >= 4 is 11.8 Å². The number of amides is 2. The second-order valence-electron chi connectivity index (χ2n) is 8.20. The quantitative estimate of drug-likeness (QED) is 0.782. The van der Waals surface area contributed by atoms with E-state index in [9.17, 15) is 9.59 Å². The molecule has 2 aliphatic rings. The van der Waals surface area contributed by atoms with Gasteiger partial charge in [0.2, 0.25) is 5.91 Å². The Hall–Kier alpha value is -2.67. The van der Waals surface area contributed by atoms with E-state index in [0.29, 0.717) is 24.7 Å². The summed E-state index contributed by atoms with van der Waals surface area (Å²) in [6.07, 6.45) is 3.82. The first-order valence-electron chi connectivity index (χ1n) is 10.4. The molecular formula is C22H28N4O3. The predicted octanol–water partition coefficient (Wildman–Crippen LogP) is 2.61. The molecule has 0 spiro atoms. The third kappa shape index (κ3) is 4.50. The smallest absolute Gasteiger partial charge is 0.273 e. The van der Waals surface area contributed by atoms with Crippen LogP contribution in [0.1, 0.15) is 66.4 Å². The molecule has 1 aliphatic carbocycles. The van der Waals surface area contributed by atoms with Crippen LogP contribution in [0, 0.1) is 5.92 Å². The number of likely N-dealkylation sites (tertiary alicyclic amines) is 1. The summed E-state index contributed by atoms with van der Waals surface area (Å²) in [4.78, 5) is 26.9. The molecule has 3 N–H and O–H groups in total. The summed E-state index contributed by atoms with van der Waals surface area (Å²) in [7, 11) is 0. The Bertz CT molecular complexity index is 852. The van der Waals surface area contributed by atoms with E-state index in [4.69, 9.17) is 10.3 Å². The van der Waals surface area contributed by atoms with Gasteiger partial charge >= 0.3 is 0 Å². The van der Waals surface area contributed by atoms with E-state index in [2.05, 4.69) is 10.5 Å². The summed E-state index contributed by atoms with van der Waals surface area (Å²) in [6.45, 7) is 3.02. The Labute approximate surface area is 170 Å². The number of rotatable bonds is 6. The second-order valence-corrected chi connectivity index (χ2v) is 8.20. The van der Waals surface area contributed by atoms with E-state index < -0.39 is 6.04 Å². The molecule has 29 heavy (non-hydrogen) atoms. The highest BCUT2D eigenvalue weighted by molar-refractivity contribution is 5.92. The van der Waals surface area contributed by atoms with Gasteiger partial charge in [0.25, 0.3) is 5.91 Å². The van der Waals surface area contributed by atoms with E-state index in [1.165, 1.54) is 0 Å². The van der Waals surface area contributed by atoms with Crippen LogP contribution in [-0.2, 0) is 4.79 Å². The van der Waals surface area contributed by atoms with Crippen molar-refractivity contribution in [1.29, 1.82) is 0 Å². The standard InChI is InChI=1S/C22H28N4O3/c1-14(23)22(28)26-11-9-17(10-12-26)20(16-5-3-2-4-6-16)24-21(27)18-13-19(29-25-18)15-7-8-15/h2-6,13-15,17,20H,7-12,23H2,1H3,(H,24,27)/t14?,20-/m1/s1. The highest BCUT2D eigenvalue weighted by Gasteiger charge is 2.33. The molecule has 1 saturated heterocycles. The van der Waals surface area contributed by atoms with Crippen LogP contribution in [0.5, 0.6) is 0 Å². The van der Waals surface area contributed by atoms with E-state index in [1.807, 2.05) is 35.2 Å². The largest absolute Gasteiger partial charge is 0.360 e. The third-order valence-electron chi connectivity index (χ3n) is 5.90. The topological polar surface area (TPSA) is 101 Å². The number of nitrogens with zero attached hydrogens (tertiary/aromatic N) is 2. The van der Waals surface area contributed by atoms with Crippen molar-refractivity contribution in [3.05, 3.63) is 53.4 Å². The second kappa shape index (κ2) is 8.37. The number of aromatic nitrogens is 1. The lowest BCUT2D eigenvalue weighted by Gasteiger charge is -2.37. The SMILES string of the molecule is CC(N)C(=O)N1CCC([C@H](NC(=O)c2cc(C3CC3)on2)c2ccccc2)CC1. The van der Waals surface area contributed by atoms with Crippen molar-refractivity contribution in [3.63, 3.8) is 0 Å². The summed E-state index contributed by atoms with van der Waals surface area (Å²) in [5, 5.41) is 7.14. The molecular weight excluding hydrogens is 368 g/mol. The van der Waals surface area contributed by atoms with Crippen LogP contribution in [0.4, 0.5) is 0 Å². The molecule has 2 amide bonds. The summed E-state index contributed by atoms with van der Waals surface area (Å²) < 4.78 is 5.34. The fourth-order valence-corrected chi connectivity index (χ4v) is 4.05. The molecule has 4 rings (SSSR count). The molecule has 2 fully saturated rings. The minimum atomic E-state index is -0.482. The molecule has 1 aromatic heterocycles. The van der Waals surface area contributed by atoms with Crippen molar-refractivity contribution in [3.8, 4) is 0 Å². The monoisotopic (exact) mass is 396 g/mol. The highest BCUT2D eigenvalue weighted by Crippen LogP contribution is 2.40. The molecule has 154 valence electrons. The van der Waals surface area contributed by atoms with Crippen molar-refractivity contribution in [2.75, 3.05) is 13.1 Å². The number of piperidine rings is 1. The van der Waals surface area contributed by atoms with E-state index in [1.54, 1.807) is 13.0 Å². The van der Waals surface area contributed by atoms with Gasteiger partial charge in [0.15, 0.2) is 5.69 Å². The van der Waals surface area contributed by atoms with Gasteiger partial charge in [-0.3, -0.25) is 9.59 Å². The van der Waals surface area contributed by atoms with Crippen LogP contribution >= 0.6 is 0 Å². The van der Waals surface area contributed by atoms with Gasteiger partial charge < -0.3 is 20.5 Å². The van der Waals surface area contributed by atoms with Gasteiger partial charge in [0, 0.05) is 25.1 Å². The highest BCUT2D eigenvalue weighted by atomic mass is 16.5. The van der Waals surface area contributed by atoms with Gasteiger partial charge in [-0.05, 0) is 44.1 Å². The first-order chi connectivity index (χ1) is 14.0. The lowest BCUT2D eigenvalue weighted by Crippen LogP contribution is -2.47. The summed E-state index contributed by atoms with van der Waals surface area (Å²) in [6, 6.07) is 11.1. The average molecular weight is 396 g/mol. The average Bonchev–Trinajstić information content (AvgIpc) is 3.48. The summed E-state index contributed by atoms with van der Waals surface area (Å²) in [5.74, 6) is 1.21. The van der Waals surface area contributed by atoms with Gasteiger partial charge in [-0.15, -0.1) is 0 Å². The first-order valence-corrected chi connectivity index (χ1v) is 10.4. The van der Waals surface area contributed by atoms with Gasteiger partial charge in [-0.1, -0.05) is 35.5 Å². The Balaban J connectivity index is 1.47. The van der Waals surface area contributed by atoms with E-state index >= 15 is 0 Å². The number of nitrogens with two attached hydrogens (primary N) is 1. The van der Waals surface area contributed by atoms with E-state index in [0.717, 1.165) is 37.0 Å². The zero-order valence-electron chi connectivity index (χ0n) is 16.7. The predicted molar refractivity (Wildman–Crippen MR) is 108 cm³/mol. The Morgan fingerprint density at radius 3 is 2.48 bits per heavy atom. The number of hydrogen-bond donors (Lipinski definition) is 2. The van der Waals surface area contributed by atoms with E-state index in [-0.39, 0.29) is 23.8 Å². The van der Waals surface area contributed by atoms with Gasteiger partial charge in [-0.25, -0.2) is 0 Å². The van der Waals surface area contributed by atoms with Crippen molar-refractivity contribution in [2.45, 2.75) is 50.6 Å². The fourth-order valence-electron chi connectivity index (χ4n) is 4.05. The maximum atomic E-state index is 12.9. The normalized spacial score (nSPS) is 19.6. The summed E-state index contributed by atoms with van der Waals surface area (Å²) in [5.41, 5.74) is 7.14. The van der Waals surface area contributed by atoms with Crippen LogP contribution in [0.25, 0.3) is 0 Å². The minimum Gasteiger partial charge on any atom is -0.360 e. The Morgan fingerprint density at radius 2 is 1.86 bits per heavy atom.